The number of methoxy groups -OCH3 is 1. The van der Waals surface area contributed by atoms with Crippen molar-refractivity contribution >= 4 is 25.6 Å². The molecule has 2 aromatic rings. The summed E-state index contributed by atoms with van der Waals surface area (Å²) in [6.45, 7) is 0.434. The quantitative estimate of drug-likeness (QED) is 0.810. The summed E-state index contributed by atoms with van der Waals surface area (Å²) in [7, 11) is 3.09. The molecule has 0 aliphatic carbocycles. The Hall–Kier alpha value is -2.05. The first-order valence-corrected chi connectivity index (χ1v) is 9.17. The van der Waals surface area contributed by atoms with E-state index >= 15 is 0 Å². The molecule has 7 heteroatoms. The van der Waals surface area contributed by atoms with E-state index in [4.69, 9.17) is 15.4 Å². The number of carbonyl (C=O) groups is 1. The van der Waals surface area contributed by atoms with E-state index in [0.717, 1.165) is 5.56 Å². The molecule has 0 aliphatic rings. The standard InChI is InChI=1S/C16H16ClNO4S/c1-22-14-4-2-3-13(11-14)16(19)18-10-9-12-5-7-15(8-6-12)23(17,20)21/h2-8,11H,9-10H2,1H3,(H,18,19). The van der Waals surface area contributed by atoms with Crippen LogP contribution in [-0.2, 0) is 15.5 Å². The second kappa shape index (κ2) is 7.48. The van der Waals surface area contributed by atoms with Gasteiger partial charge < -0.3 is 10.1 Å². The van der Waals surface area contributed by atoms with Crippen molar-refractivity contribution in [3.8, 4) is 5.75 Å². The van der Waals surface area contributed by atoms with Crippen molar-refractivity contribution in [2.45, 2.75) is 11.3 Å². The maximum Gasteiger partial charge on any atom is 0.261 e. The van der Waals surface area contributed by atoms with Crippen LogP contribution in [0.4, 0.5) is 0 Å². The topological polar surface area (TPSA) is 72.5 Å². The highest BCUT2D eigenvalue weighted by Gasteiger charge is 2.09. The van der Waals surface area contributed by atoms with Crippen LogP contribution in [0.25, 0.3) is 0 Å². The molecule has 1 N–H and O–H groups in total. The first-order chi connectivity index (χ1) is 10.9. The predicted molar refractivity (Wildman–Crippen MR) is 88.5 cm³/mol. The molecule has 0 saturated carbocycles. The SMILES string of the molecule is COc1cccc(C(=O)NCCc2ccc(S(=O)(=O)Cl)cc2)c1. The molecule has 0 aromatic heterocycles. The van der Waals surface area contributed by atoms with Crippen molar-refractivity contribution in [3.63, 3.8) is 0 Å². The molecule has 0 unspecified atom stereocenters. The van der Waals surface area contributed by atoms with Crippen LogP contribution in [-0.4, -0.2) is 28.0 Å². The van der Waals surface area contributed by atoms with Crippen LogP contribution in [0.2, 0.25) is 0 Å². The average Bonchev–Trinajstić information content (AvgIpc) is 2.54. The summed E-state index contributed by atoms with van der Waals surface area (Å²) in [5.74, 6) is 0.430. The fourth-order valence-corrected chi connectivity index (χ4v) is 2.78. The van der Waals surface area contributed by atoms with Gasteiger partial charge in [0.2, 0.25) is 0 Å². The summed E-state index contributed by atoms with van der Waals surface area (Å²) in [6, 6.07) is 13.1. The molecule has 0 aliphatic heterocycles. The summed E-state index contributed by atoms with van der Waals surface area (Å²) in [5, 5.41) is 2.80. The number of amides is 1. The van der Waals surface area contributed by atoms with Gasteiger partial charge in [-0.25, -0.2) is 8.42 Å². The lowest BCUT2D eigenvalue weighted by Gasteiger charge is -2.07. The second-order valence-corrected chi connectivity index (χ2v) is 7.39. The molecule has 23 heavy (non-hydrogen) atoms. The normalized spacial score (nSPS) is 11.0. The average molecular weight is 354 g/mol. The van der Waals surface area contributed by atoms with E-state index in [1.54, 1.807) is 43.5 Å². The number of hydrogen-bond acceptors (Lipinski definition) is 4. The van der Waals surface area contributed by atoms with Gasteiger partial charge in [-0.15, -0.1) is 0 Å². The third kappa shape index (κ3) is 4.97. The fourth-order valence-electron chi connectivity index (χ4n) is 2.01. The van der Waals surface area contributed by atoms with E-state index in [-0.39, 0.29) is 10.8 Å². The Morgan fingerprint density at radius 1 is 1.17 bits per heavy atom. The van der Waals surface area contributed by atoms with Gasteiger partial charge in [0, 0.05) is 22.8 Å². The fraction of sp³-hybridized carbons (Fsp3) is 0.188. The van der Waals surface area contributed by atoms with Crippen molar-refractivity contribution in [1.29, 1.82) is 0 Å². The minimum absolute atomic E-state index is 0.0586. The Labute approximate surface area is 139 Å². The predicted octanol–water partition coefficient (Wildman–Crippen LogP) is 2.60. The molecule has 0 heterocycles. The van der Waals surface area contributed by atoms with Gasteiger partial charge in [-0.2, -0.15) is 0 Å². The van der Waals surface area contributed by atoms with Crippen LogP contribution in [0.15, 0.2) is 53.4 Å². The number of carbonyl (C=O) groups excluding carboxylic acids is 1. The summed E-state index contributed by atoms with van der Waals surface area (Å²) < 4.78 is 27.4. The van der Waals surface area contributed by atoms with Crippen molar-refractivity contribution in [2.24, 2.45) is 0 Å². The van der Waals surface area contributed by atoms with Crippen LogP contribution < -0.4 is 10.1 Å². The minimum atomic E-state index is -3.71. The van der Waals surface area contributed by atoms with Gasteiger partial charge in [0.15, 0.2) is 0 Å². The number of benzene rings is 2. The first kappa shape index (κ1) is 17.3. The number of nitrogens with one attached hydrogen (secondary N) is 1. The molecule has 2 aromatic carbocycles. The molecule has 122 valence electrons. The van der Waals surface area contributed by atoms with Crippen LogP contribution in [0.1, 0.15) is 15.9 Å². The van der Waals surface area contributed by atoms with Crippen molar-refractivity contribution in [2.75, 3.05) is 13.7 Å². The van der Waals surface area contributed by atoms with E-state index in [2.05, 4.69) is 5.32 Å². The number of hydrogen-bond donors (Lipinski definition) is 1. The maximum atomic E-state index is 12.0. The van der Waals surface area contributed by atoms with Gasteiger partial charge in [0.25, 0.3) is 15.0 Å². The lowest BCUT2D eigenvalue weighted by atomic mass is 10.1. The maximum absolute atomic E-state index is 12.0. The monoisotopic (exact) mass is 353 g/mol. The lowest BCUT2D eigenvalue weighted by Crippen LogP contribution is -2.25. The van der Waals surface area contributed by atoms with Crippen LogP contribution in [0.5, 0.6) is 5.75 Å². The zero-order valence-corrected chi connectivity index (χ0v) is 14.0. The van der Waals surface area contributed by atoms with Crippen molar-refractivity contribution in [3.05, 3.63) is 59.7 Å². The zero-order valence-electron chi connectivity index (χ0n) is 12.5. The molecule has 0 radical (unpaired) electrons. The summed E-state index contributed by atoms with van der Waals surface area (Å²) >= 11 is 0. The second-order valence-electron chi connectivity index (χ2n) is 4.82. The molecule has 0 spiro atoms. The van der Waals surface area contributed by atoms with E-state index in [9.17, 15) is 13.2 Å². The third-order valence-electron chi connectivity index (χ3n) is 3.24. The van der Waals surface area contributed by atoms with Gasteiger partial charge in [-0.05, 0) is 42.3 Å². The van der Waals surface area contributed by atoms with E-state index < -0.39 is 9.05 Å². The first-order valence-electron chi connectivity index (χ1n) is 6.86. The summed E-state index contributed by atoms with van der Waals surface area (Å²) in [4.78, 5) is 12.1. The molecule has 0 atom stereocenters. The number of halogens is 1. The van der Waals surface area contributed by atoms with Gasteiger partial charge in [0.1, 0.15) is 5.75 Å². The highest BCUT2D eigenvalue weighted by Crippen LogP contribution is 2.15. The Bertz CT molecular complexity index is 788. The molecule has 0 saturated heterocycles. The van der Waals surface area contributed by atoms with Crippen molar-refractivity contribution < 1.29 is 17.9 Å². The van der Waals surface area contributed by atoms with Crippen LogP contribution >= 0.6 is 10.7 Å². The van der Waals surface area contributed by atoms with Crippen molar-refractivity contribution in [1.82, 2.24) is 5.32 Å². The number of ether oxygens (including phenoxy) is 1. The third-order valence-corrected chi connectivity index (χ3v) is 4.61. The Kier molecular flexibility index (Phi) is 5.63. The molecule has 5 nitrogen and oxygen atoms in total. The van der Waals surface area contributed by atoms with E-state index in [1.807, 2.05) is 0 Å². The highest BCUT2D eigenvalue weighted by atomic mass is 35.7. The Morgan fingerprint density at radius 3 is 2.48 bits per heavy atom. The van der Waals surface area contributed by atoms with Gasteiger partial charge in [-0.1, -0.05) is 18.2 Å². The minimum Gasteiger partial charge on any atom is -0.497 e. The van der Waals surface area contributed by atoms with Gasteiger partial charge >= 0.3 is 0 Å². The van der Waals surface area contributed by atoms with E-state index in [1.165, 1.54) is 12.1 Å². The lowest BCUT2D eigenvalue weighted by molar-refractivity contribution is 0.0954. The van der Waals surface area contributed by atoms with Gasteiger partial charge in [0.05, 0.1) is 12.0 Å². The molecular weight excluding hydrogens is 338 g/mol. The summed E-state index contributed by atoms with van der Waals surface area (Å²) in [5.41, 5.74) is 1.42. The number of rotatable bonds is 6. The van der Waals surface area contributed by atoms with Crippen LogP contribution in [0, 0.1) is 0 Å². The molecule has 0 bridgehead atoms. The van der Waals surface area contributed by atoms with E-state index in [0.29, 0.717) is 24.3 Å². The zero-order chi connectivity index (χ0) is 16.9. The Morgan fingerprint density at radius 2 is 1.87 bits per heavy atom. The smallest absolute Gasteiger partial charge is 0.261 e. The largest absolute Gasteiger partial charge is 0.497 e. The highest BCUT2D eigenvalue weighted by molar-refractivity contribution is 8.13. The van der Waals surface area contributed by atoms with Crippen LogP contribution in [0.3, 0.4) is 0 Å². The Balaban J connectivity index is 1.90. The van der Waals surface area contributed by atoms with Gasteiger partial charge in [-0.3, -0.25) is 4.79 Å². The molecular formula is C16H16ClNO4S. The summed E-state index contributed by atoms with van der Waals surface area (Å²) in [6.07, 6.45) is 0.582. The molecule has 0 fully saturated rings. The molecule has 2 rings (SSSR count). The molecule has 1 amide bonds.